The van der Waals surface area contributed by atoms with E-state index in [0.29, 0.717) is 11.4 Å². The summed E-state index contributed by atoms with van der Waals surface area (Å²) in [5, 5.41) is 9.40. The summed E-state index contributed by atoms with van der Waals surface area (Å²) in [6.07, 6.45) is 5.36. The minimum absolute atomic E-state index is 0.288. The van der Waals surface area contributed by atoms with Crippen LogP contribution in [-0.2, 0) is 4.79 Å². The van der Waals surface area contributed by atoms with Gasteiger partial charge in [-0.15, -0.1) is 0 Å². The van der Waals surface area contributed by atoms with Gasteiger partial charge in [0.2, 0.25) is 0 Å². The van der Waals surface area contributed by atoms with Crippen molar-refractivity contribution in [1.82, 2.24) is 0 Å². The minimum Gasteiger partial charge on any atom is -0.481 e. The second kappa shape index (κ2) is 6.33. The first-order valence-corrected chi connectivity index (χ1v) is 5.62. The number of carboxylic acids is 1. The van der Waals surface area contributed by atoms with Crippen LogP contribution in [0.25, 0.3) is 6.08 Å². The van der Waals surface area contributed by atoms with Crippen molar-refractivity contribution in [2.75, 3.05) is 0 Å². The Morgan fingerprint density at radius 2 is 2.31 bits per heavy atom. The van der Waals surface area contributed by atoms with Crippen LogP contribution in [0.1, 0.15) is 25.3 Å². The Hall–Kier alpha value is -1.28. The van der Waals surface area contributed by atoms with Crippen molar-refractivity contribution >= 4 is 23.6 Å². The molecule has 0 saturated carbocycles. The van der Waals surface area contributed by atoms with Gasteiger partial charge in [0.25, 0.3) is 0 Å². The topological polar surface area (TPSA) is 37.3 Å². The van der Waals surface area contributed by atoms with Crippen molar-refractivity contribution in [1.29, 1.82) is 0 Å². The second-order valence-electron chi connectivity index (χ2n) is 3.77. The third kappa shape index (κ3) is 4.49. The molecule has 1 aromatic rings. The molecule has 0 heterocycles. The van der Waals surface area contributed by atoms with Crippen LogP contribution in [0.5, 0.6) is 0 Å². The fraction of sp³-hybridized carbons (Fsp3) is 0.308. The van der Waals surface area contributed by atoms with Crippen molar-refractivity contribution in [2.24, 2.45) is 5.92 Å². The van der Waals surface area contributed by atoms with Crippen LogP contribution in [0.2, 0.25) is 5.02 Å². The Morgan fingerprint density at radius 3 is 2.94 bits per heavy atom. The van der Waals surface area contributed by atoms with E-state index < -0.39 is 5.97 Å². The lowest BCUT2D eigenvalue weighted by molar-refractivity contribution is -0.141. The van der Waals surface area contributed by atoms with Gasteiger partial charge in [0.15, 0.2) is 0 Å². The monoisotopic (exact) mass is 238 g/mol. The summed E-state index contributed by atoms with van der Waals surface area (Å²) >= 11 is 5.84. The smallest absolute Gasteiger partial charge is 0.306 e. The number of benzene rings is 1. The van der Waals surface area contributed by atoms with Crippen LogP contribution in [0.4, 0.5) is 0 Å². The molecule has 0 saturated heterocycles. The van der Waals surface area contributed by atoms with Crippen molar-refractivity contribution < 1.29 is 9.90 Å². The second-order valence-corrected chi connectivity index (χ2v) is 4.21. The summed E-state index contributed by atoms with van der Waals surface area (Å²) in [6.45, 7) is 1.72. The van der Waals surface area contributed by atoms with Gasteiger partial charge in [0, 0.05) is 5.02 Å². The van der Waals surface area contributed by atoms with Gasteiger partial charge in [0.05, 0.1) is 5.92 Å². The number of carbonyl (C=O) groups is 1. The SMILES string of the molecule is CC(CC/C=C/c1cccc(Cl)c1)C(=O)O. The van der Waals surface area contributed by atoms with Crippen LogP contribution in [0, 0.1) is 5.92 Å². The summed E-state index contributed by atoms with van der Waals surface area (Å²) in [5.74, 6) is -1.03. The molecular weight excluding hydrogens is 224 g/mol. The number of halogens is 1. The maximum atomic E-state index is 10.6. The highest BCUT2D eigenvalue weighted by Crippen LogP contribution is 2.13. The van der Waals surface area contributed by atoms with Crippen LogP contribution in [-0.4, -0.2) is 11.1 Å². The third-order valence-electron chi connectivity index (χ3n) is 2.35. The normalized spacial score (nSPS) is 12.9. The van der Waals surface area contributed by atoms with E-state index >= 15 is 0 Å². The van der Waals surface area contributed by atoms with E-state index in [1.807, 2.05) is 36.4 Å². The Morgan fingerprint density at radius 1 is 1.56 bits per heavy atom. The highest BCUT2D eigenvalue weighted by molar-refractivity contribution is 6.30. The molecule has 1 N–H and O–H groups in total. The van der Waals surface area contributed by atoms with Crippen LogP contribution in [0.15, 0.2) is 30.3 Å². The van der Waals surface area contributed by atoms with E-state index in [9.17, 15) is 4.79 Å². The molecule has 0 spiro atoms. The summed E-state index contributed by atoms with van der Waals surface area (Å²) in [6, 6.07) is 7.55. The molecule has 0 fully saturated rings. The molecule has 1 unspecified atom stereocenters. The first kappa shape index (κ1) is 12.8. The van der Waals surface area contributed by atoms with Crippen LogP contribution >= 0.6 is 11.6 Å². The zero-order chi connectivity index (χ0) is 12.0. The van der Waals surface area contributed by atoms with Gasteiger partial charge in [-0.05, 0) is 30.5 Å². The van der Waals surface area contributed by atoms with Gasteiger partial charge in [-0.25, -0.2) is 0 Å². The minimum atomic E-state index is -0.740. The molecule has 0 aliphatic heterocycles. The molecule has 0 aromatic heterocycles. The summed E-state index contributed by atoms with van der Waals surface area (Å²) in [5.41, 5.74) is 1.04. The number of hydrogen-bond acceptors (Lipinski definition) is 1. The fourth-order valence-electron chi connectivity index (χ4n) is 1.30. The molecule has 0 amide bonds. The number of carboxylic acid groups (broad SMARTS) is 1. The first-order valence-electron chi connectivity index (χ1n) is 5.24. The largest absolute Gasteiger partial charge is 0.481 e. The zero-order valence-corrected chi connectivity index (χ0v) is 9.95. The highest BCUT2D eigenvalue weighted by atomic mass is 35.5. The van der Waals surface area contributed by atoms with Crippen molar-refractivity contribution in [3.8, 4) is 0 Å². The van der Waals surface area contributed by atoms with Crippen molar-refractivity contribution in [3.63, 3.8) is 0 Å². The van der Waals surface area contributed by atoms with Gasteiger partial charge >= 0.3 is 5.97 Å². The van der Waals surface area contributed by atoms with Crippen LogP contribution in [0.3, 0.4) is 0 Å². The number of hydrogen-bond donors (Lipinski definition) is 1. The first-order chi connectivity index (χ1) is 7.59. The molecule has 0 bridgehead atoms. The molecule has 0 aliphatic carbocycles. The van der Waals surface area contributed by atoms with E-state index in [0.717, 1.165) is 12.0 Å². The van der Waals surface area contributed by atoms with E-state index in [4.69, 9.17) is 16.7 Å². The van der Waals surface area contributed by atoms with Gasteiger partial charge in [-0.2, -0.15) is 0 Å². The maximum absolute atomic E-state index is 10.6. The molecule has 0 aliphatic rings. The Kier molecular flexibility index (Phi) is 5.06. The van der Waals surface area contributed by atoms with Crippen molar-refractivity contribution in [3.05, 3.63) is 40.9 Å². The summed E-state index contributed by atoms with van der Waals surface area (Å²) in [4.78, 5) is 10.6. The molecule has 16 heavy (non-hydrogen) atoms. The Bertz CT molecular complexity index is 385. The van der Waals surface area contributed by atoms with Gasteiger partial charge in [-0.1, -0.05) is 42.8 Å². The molecule has 86 valence electrons. The van der Waals surface area contributed by atoms with Crippen molar-refractivity contribution in [2.45, 2.75) is 19.8 Å². The predicted octanol–water partition coefficient (Wildman–Crippen LogP) is 3.85. The number of allylic oxidation sites excluding steroid dienone is 1. The zero-order valence-electron chi connectivity index (χ0n) is 9.19. The van der Waals surface area contributed by atoms with Gasteiger partial charge in [-0.3, -0.25) is 4.79 Å². The number of aliphatic carboxylic acids is 1. The van der Waals surface area contributed by atoms with Crippen LogP contribution < -0.4 is 0 Å². The predicted molar refractivity (Wildman–Crippen MR) is 66.5 cm³/mol. The third-order valence-corrected chi connectivity index (χ3v) is 2.58. The van der Waals surface area contributed by atoms with E-state index in [-0.39, 0.29) is 5.92 Å². The van der Waals surface area contributed by atoms with E-state index in [2.05, 4.69) is 0 Å². The quantitative estimate of drug-likeness (QED) is 0.846. The lowest BCUT2D eigenvalue weighted by Crippen LogP contribution is -2.08. The van der Waals surface area contributed by atoms with Gasteiger partial charge < -0.3 is 5.11 Å². The molecule has 2 nitrogen and oxygen atoms in total. The molecule has 3 heteroatoms. The lowest BCUT2D eigenvalue weighted by Gasteiger charge is -2.01. The summed E-state index contributed by atoms with van der Waals surface area (Å²) in [7, 11) is 0. The van der Waals surface area contributed by atoms with E-state index in [1.54, 1.807) is 6.92 Å². The molecule has 1 aromatic carbocycles. The molecule has 0 radical (unpaired) electrons. The summed E-state index contributed by atoms with van der Waals surface area (Å²) < 4.78 is 0. The average molecular weight is 239 g/mol. The maximum Gasteiger partial charge on any atom is 0.306 e. The average Bonchev–Trinajstić information content (AvgIpc) is 2.24. The molecule has 1 rings (SSSR count). The Labute approximate surface area is 101 Å². The Balaban J connectivity index is 2.41. The standard InChI is InChI=1S/C13H15ClO2/c1-10(13(15)16)5-2-3-6-11-7-4-8-12(14)9-11/h3-4,6-10H,2,5H2,1H3,(H,15,16)/b6-3+. The molecular formula is C13H15ClO2. The fourth-order valence-corrected chi connectivity index (χ4v) is 1.50. The molecule has 1 atom stereocenters. The lowest BCUT2D eigenvalue weighted by atomic mass is 10.1. The highest BCUT2D eigenvalue weighted by Gasteiger charge is 2.08. The number of rotatable bonds is 5. The van der Waals surface area contributed by atoms with E-state index in [1.165, 1.54) is 0 Å². The van der Waals surface area contributed by atoms with Gasteiger partial charge in [0.1, 0.15) is 0 Å².